The third-order valence-corrected chi connectivity index (χ3v) is 4.61. The summed E-state index contributed by atoms with van der Waals surface area (Å²) in [7, 11) is -2.78. The number of pyridine rings is 1. The molecule has 1 aliphatic heterocycles. The van der Waals surface area contributed by atoms with Crippen LogP contribution in [0.1, 0.15) is 15.9 Å². The molecule has 3 rings (SSSR count). The number of benzene rings is 1. The van der Waals surface area contributed by atoms with Crippen molar-refractivity contribution in [2.75, 3.05) is 30.9 Å². The highest BCUT2D eigenvalue weighted by molar-refractivity contribution is 7.73. The highest BCUT2D eigenvalue weighted by Gasteiger charge is 2.22. The topological polar surface area (TPSA) is 82.6 Å². The number of thiol groups is 1. The quantitative estimate of drug-likeness (QED) is 0.762. The Morgan fingerprint density at radius 1 is 1.08 bits per heavy atom. The van der Waals surface area contributed by atoms with E-state index in [1.54, 1.807) is 23.1 Å². The van der Waals surface area contributed by atoms with Crippen LogP contribution in [0, 0.1) is 5.82 Å². The third-order valence-electron chi connectivity index (χ3n) is 4.20. The normalized spacial score (nSPS) is 15.2. The summed E-state index contributed by atoms with van der Waals surface area (Å²) in [4.78, 5) is 20.4. The number of piperazine rings is 1. The lowest BCUT2D eigenvalue weighted by atomic mass is 10.2. The van der Waals surface area contributed by atoms with E-state index in [1.807, 2.05) is 0 Å². The van der Waals surface area contributed by atoms with Gasteiger partial charge >= 0.3 is 0 Å². The number of rotatable bonds is 5. The second-order valence-electron chi connectivity index (χ2n) is 6.00. The van der Waals surface area contributed by atoms with E-state index in [9.17, 15) is 17.6 Å². The number of carbonyl (C=O) groups excluding carboxylic acids is 1. The molecular weight excluding hydrogens is 359 g/mol. The van der Waals surface area contributed by atoms with Gasteiger partial charge in [-0.2, -0.15) is 0 Å². The number of carbonyl (C=O) groups is 1. The van der Waals surface area contributed by atoms with Crippen molar-refractivity contribution in [3.05, 3.63) is 59.5 Å². The summed E-state index contributed by atoms with van der Waals surface area (Å²) in [5.74, 6) is -0.195. The first-order valence-electron chi connectivity index (χ1n) is 8.14. The predicted molar refractivity (Wildman–Crippen MR) is 95.8 cm³/mol. The Hall–Kier alpha value is -2.52. The molecule has 138 valence electrons. The van der Waals surface area contributed by atoms with Gasteiger partial charge in [0.1, 0.15) is 11.6 Å². The monoisotopic (exact) mass is 378 g/mol. The summed E-state index contributed by atoms with van der Waals surface area (Å²) in [6, 6.07) is 9.45. The second-order valence-corrected chi connectivity index (χ2v) is 6.73. The highest BCUT2D eigenvalue weighted by atomic mass is 32.2. The standard InChI is InChI=1S/C17H19FN4O3S/c18-15-4-1-13(2-5-15)12-21-7-9-22(10-8-21)17(23)14-3-6-16(19-11-14)20-26(24)25/h1-6,11,26H,7-10,12H2,(H,19,20,24,25). The van der Waals surface area contributed by atoms with Gasteiger partial charge in [0, 0.05) is 38.9 Å². The van der Waals surface area contributed by atoms with Crippen LogP contribution < -0.4 is 4.72 Å². The van der Waals surface area contributed by atoms with Crippen LogP contribution in [0.25, 0.3) is 0 Å². The third kappa shape index (κ3) is 4.77. The molecule has 1 N–H and O–H groups in total. The number of hydrogen-bond donors (Lipinski definition) is 2. The smallest absolute Gasteiger partial charge is 0.255 e. The lowest BCUT2D eigenvalue weighted by Gasteiger charge is -2.34. The summed E-state index contributed by atoms with van der Waals surface area (Å²) in [5.41, 5.74) is 1.46. The average molecular weight is 378 g/mol. The van der Waals surface area contributed by atoms with E-state index >= 15 is 0 Å². The number of hydrogen-bond acceptors (Lipinski definition) is 5. The minimum atomic E-state index is -2.78. The Balaban J connectivity index is 1.53. The van der Waals surface area contributed by atoms with Gasteiger partial charge in [0.15, 0.2) is 0 Å². The molecule has 0 radical (unpaired) electrons. The SMILES string of the molecule is O=C(c1ccc(N[SH](=O)=O)nc1)N1CCN(Cc2ccc(F)cc2)CC1. The van der Waals surface area contributed by atoms with Gasteiger partial charge in [-0.3, -0.25) is 14.4 Å². The zero-order valence-corrected chi connectivity index (χ0v) is 14.9. The number of anilines is 1. The van der Waals surface area contributed by atoms with Crippen LogP contribution in [0.2, 0.25) is 0 Å². The van der Waals surface area contributed by atoms with Crippen LogP contribution in [0.5, 0.6) is 0 Å². The second kappa shape index (κ2) is 8.24. The number of halogens is 1. The molecule has 1 aliphatic rings. The van der Waals surface area contributed by atoms with Gasteiger partial charge in [-0.1, -0.05) is 12.1 Å². The molecule has 2 heterocycles. The molecule has 0 bridgehead atoms. The molecule has 2 aromatic rings. The average Bonchev–Trinajstić information content (AvgIpc) is 2.64. The van der Waals surface area contributed by atoms with Crippen LogP contribution in [-0.2, 0) is 17.4 Å². The first-order valence-corrected chi connectivity index (χ1v) is 9.32. The highest BCUT2D eigenvalue weighted by Crippen LogP contribution is 2.13. The summed E-state index contributed by atoms with van der Waals surface area (Å²) in [5, 5.41) is 0. The first-order chi connectivity index (χ1) is 12.5. The zero-order chi connectivity index (χ0) is 18.5. The molecule has 1 amide bonds. The van der Waals surface area contributed by atoms with Crippen LogP contribution >= 0.6 is 0 Å². The molecule has 1 aromatic heterocycles. The van der Waals surface area contributed by atoms with Crippen LogP contribution in [0.3, 0.4) is 0 Å². The molecule has 7 nitrogen and oxygen atoms in total. The number of nitrogens with one attached hydrogen (secondary N) is 1. The van der Waals surface area contributed by atoms with E-state index in [4.69, 9.17) is 0 Å². The van der Waals surface area contributed by atoms with Gasteiger partial charge in [-0.25, -0.2) is 17.8 Å². The molecule has 1 aromatic carbocycles. The zero-order valence-electron chi connectivity index (χ0n) is 14.0. The minimum absolute atomic E-state index is 0.128. The Morgan fingerprint density at radius 3 is 2.35 bits per heavy atom. The fourth-order valence-electron chi connectivity index (χ4n) is 2.82. The van der Waals surface area contributed by atoms with Crippen molar-refractivity contribution >= 4 is 22.6 Å². The first kappa shape index (κ1) is 18.3. The van der Waals surface area contributed by atoms with E-state index in [-0.39, 0.29) is 17.5 Å². The van der Waals surface area contributed by atoms with Gasteiger partial charge in [-0.15, -0.1) is 0 Å². The Bertz CT molecular complexity index is 824. The van der Waals surface area contributed by atoms with Gasteiger partial charge in [0.05, 0.1) is 5.56 Å². The number of amides is 1. The Labute approximate surface area is 152 Å². The van der Waals surface area contributed by atoms with E-state index in [1.165, 1.54) is 24.4 Å². The van der Waals surface area contributed by atoms with E-state index in [0.717, 1.165) is 25.2 Å². The number of aromatic nitrogens is 1. The maximum atomic E-state index is 13.0. The van der Waals surface area contributed by atoms with Crippen LogP contribution in [-0.4, -0.2) is 55.3 Å². The molecule has 1 saturated heterocycles. The maximum Gasteiger partial charge on any atom is 0.255 e. The van der Waals surface area contributed by atoms with Crippen molar-refractivity contribution in [1.82, 2.24) is 14.8 Å². The maximum absolute atomic E-state index is 13.0. The van der Waals surface area contributed by atoms with Gasteiger partial charge in [0.25, 0.3) is 5.91 Å². The van der Waals surface area contributed by atoms with Gasteiger partial charge in [-0.05, 0) is 29.8 Å². The Kier molecular flexibility index (Phi) is 5.79. The van der Waals surface area contributed by atoms with Gasteiger partial charge < -0.3 is 4.90 Å². The minimum Gasteiger partial charge on any atom is -0.336 e. The van der Waals surface area contributed by atoms with Crippen molar-refractivity contribution in [3.8, 4) is 0 Å². The summed E-state index contributed by atoms with van der Waals surface area (Å²) >= 11 is 0. The van der Waals surface area contributed by atoms with E-state index < -0.39 is 10.9 Å². The fourth-order valence-corrected chi connectivity index (χ4v) is 3.14. The summed E-state index contributed by atoms with van der Waals surface area (Å²) in [6.45, 7) is 3.36. The molecule has 26 heavy (non-hydrogen) atoms. The largest absolute Gasteiger partial charge is 0.336 e. The van der Waals surface area contributed by atoms with Crippen LogP contribution in [0.4, 0.5) is 10.2 Å². The van der Waals surface area contributed by atoms with Crippen molar-refractivity contribution in [2.45, 2.75) is 6.54 Å². The van der Waals surface area contributed by atoms with Crippen molar-refractivity contribution in [1.29, 1.82) is 0 Å². The molecule has 0 atom stereocenters. The number of nitrogens with zero attached hydrogens (tertiary/aromatic N) is 3. The molecule has 9 heteroatoms. The fraction of sp³-hybridized carbons (Fsp3) is 0.294. The van der Waals surface area contributed by atoms with Crippen molar-refractivity contribution in [3.63, 3.8) is 0 Å². The molecule has 0 unspecified atom stereocenters. The molecular formula is C17H19FN4O3S. The summed E-state index contributed by atoms with van der Waals surface area (Å²) in [6.07, 6.45) is 1.37. The molecule has 0 saturated carbocycles. The molecule has 0 spiro atoms. The van der Waals surface area contributed by atoms with Gasteiger partial charge in [0.2, 0.25) is 10.9 Å². The van der Waals surface area contributed by atoms with E-state index in [0.29, 0.717) is 18.7 Å². The molecule has 1 fully saturated rings. The Morgan fingerprint density at radius 2 is 1.77 bits per heavy atom. The predicted octanol–water partition coefficient (Wildman–Crippen LogP) is 1.12. The molecule has 0 aliphatic carbocycles. The summed E-state index contributed by atoms with van der Waals surface area (Å²) < 4.78 is 36.3. The lowest BCUT2D eigenvalue weighted by molar-refractivity contribution is 0.0628. The van der Waals surface area contributed by atoms with Crippen molar-refractivity contribution in [2.24, 2.45) is 0 Å². The lowest BCUT2D eigenvalue weighted by Crippen LogP contribution is -2.48. The van der Waals surface area contributed by atoms with Crippen molar-refractivity contribution < 1.29 is 17.6 Å². The van der Waals surface area contributed by atoms with Crippen LogP contribution in [0.15, 0.2) is 42.6 Å². The van der Waals surface area contributed by atoms with E-state index in [2.05, 4.69) is 14.6 Å².